The number of aliphatic hydroxyl groups excluding tert-OH is 1. The summed E-state index contributed by atoms with van der Waals surface area (Å²) in [6.07, 6.45) is 0. The van der Waals surface area contributed by atoms with Gasteiger partial charge >= 0.3 is 5.97 Å². The zero-order valence-electron chi connectivity index (χ0n) is 23.6. The van der Waals surface area contributed by atoms with Crippen molar-refractivity contribution < 1.29 is 29.3 Å². The summed E-state index contributed by atoms with van der Waals surface area (Å²) in [6, 6.07) is 16.4. The number of amides is 1. The Hall–Kier alpha value is -4.59. The highest BCUT2D eigenvalue weighted by Crippen LogP contribution is 2.42. The molecule has 1 atom stereocenters. The molecule has 1 fully saturated rings. The Kier molecular flexibility index (Phi) is 8.00. The molecule has 0 aliphatic carbocycles. The van der Waals surface area contributed by atoms with Crippen LogP contribution in [0.25, 0.3) is 5.76 Å². The van der Waals surface area contributed by atoms with Gasteiger partial charge in [-0.2, -0.15) is 0 Å². The van der Waals surface area contributed by atoms with Crippen LogP contribution in [-0.4, -0.2) is 54.0 Å². The zero-order valence-corrected chi connectivity index (χ0v) is 23.6. The van der Waals surface area contributed by atoms with Gasteiger partial charge in [0.1, 0.15) is 11.5 Å². The van der Waals surface area contributed by atoms with Gasteiger partial charge in [0.25, 0.3) is 11.7 Å². The van der Waals surface area contributed by atoms with Crippen molar-refractivity contribution in [2.24, 2.45) is 0 Å². The minimum Gasteiger partial charge on any atom is -0.507 e. The number of benzene rings is 3. The second-order valence-corrected chi connectivity index (χ2v) is 10.5. The largest absolute Gasteiger partial charge is 0.507 e. The van der Waals surface area contributed by atoms with Gasteiger partial charge in [-0.15, -0.1) is 0 Å². The van der Waals surface area contributed by atoms with Gasteiger partial charge in [0.15, 0.2) is 0 Å². The number of aryl methyl sites for hydroxylation is 1. The molecule has 3 aromatic carbocycles. The average Bonchev–Trinajstić information content (AvgIpc) is 3.17. The summed E-state index contributed by atoms with van der Waals surface area (Å²) in [5, 5.41) is 20.9. The third-order valence-corrected chi connectivity index (χ3v) is 7.27. The van der Waals surface area contributed by atoms with Crippen LogP contribution < -0.4 is 9.64 Å². The summed E-state index contributed by atoms with van der Waals surface area (Å²) in [5.41, 5.74) is 4.43. The number of rotatable bonds is 8. The number of hydrogen-bond acceptors (Lipinski definition) is 6. The van der Waals surface area contributed by atoms with Crippen molar-refractivity contribution in [1.29, 1.82) is 0 Å². The highest BCUT2D eigenvalue weighted by Gasteiger charge is 2.46. The lowest BCUT2D eigenvalue weighted by Crippen LogP contribution is -2.29. The van der Waals surface area contributed by atoms with Gasteiger partial charge in [-0.3, -0.25) is 9.59 Å². The Bertz CT molecular complexity index is 1490. The van der Waals surface area contributed by atoms with Crippen molar-refractivity contribution >= 4 is 29.1 Å². The molecular weight excluding hydrogens is 508 g/mol. The van der Waals surface area contributed by atoms with Crippen LogP contribution in [0.5, 0.6) is 5.75 Å². The molecule has 0 bridgehead atoms. The number of Topliss-reactive ketones (excluding diaryl/α,β-unsaturated/α-hetero) is 1. The van der Waals surface area contributed by atoms with Gasteiger partial charge < -0.3 is 24.7 Å². The molecule has 0 spiro atoms. The second-order valence-electron chi connectivity index (χ2n) is 10.5. The molecule has 3 aromatic rings. The van der Waals surface area contributed by atoms with Crippen LogP contribution in [-0.2, 0) is 16.1 Å². The molecule has 40 heavy (non-hydrogen) atoms. The normalized spacial score (nSPS) is 16.5. The maximum absolute atomic E-state index is 13.6. The number of carboxylic acids is 1. The molecule has 8 heteroatoms. The number of carbonyl (C=O) groups is 3. The van der Waals surface area contributed by atoms with Crippen LogP contribution in [0.3, 0.4) is 0 Å². The molecule has 1 heterocycles. The minimum absolute atomic E-state index is 0.00716. The molecule has 208 valence electrons. The number of ether oxygens (including phenoxy) is 1. The lowest BCUT2D eigenvalue weighted by atomic mass is 9.91. The molecular formula is C32H34N2O6. The molecule has 2 N–H and O–H groups in total. The fraction of sp³-hybridized carbons (Fsp3) is 0.281. The Balaban J connectivity index is 1.89. The predicted molar refractivity (Wildman–Crippen MR) is 154 cm³/mol. The van der Waals surface area contributed by atoms with Crippen LogP contribution in [0, 0.1) is 6.92 Å². The number of likely N-dealkylation sites (tertiary alicyclic amines) is 1. The van der Waals surface area contributed by atoms with Crippen molar-refractivity contribution in [3.63, 3.8) is 0 Å². The van der Waals surface area contributed by atoms with E-state index in [2.05, 4.69) is 0 Å². The van der Waals surface area contributed by atoms with E-state index in [1.165, 1.54) is 17.0 Å². The van der Waals surface area contributed by atoms with E-state index in [1.54, 1.807) is 19.2 Å². The molecule has 0 radical (unpaired) electrons. The van der Waals surface area contributed by atoms with E-state index in [1.807, 2.05) is 76.2 Å². The molecule has 1 unspecified atom stereocenters. The summed E-state index contributed by atoms with van der Waals surface area (Å²) >= 11 is 0. The fourth-order valence-electron chi connectivity index (χ4n) is 5.02. The first-order valence-corrected chi connectivity index (χ1v) is 13.0. The maximum atomic E-state index is 13.6. The molecule has 1 amide bonds. The van der Waals surface area contributed by atoms with E-state index in [0.717, 1.165) is 11.3 Å². The minimum atomic E-state index is -1.05. The number of methoxy groups -OCH3 is 1. The zero-order chi connectivity index (χ0) is 29.3. The second kappa shape index (κ2) is 11.3. The number of carbonyl (C=O) groups excluding carboxylic acids is 2. The number of aliphatic hydroxyl groups is 1. The van der Waals surface area contributed by atoms with Crippen molar-refractivity contribution in [3.8, 4) is 5.75 Å². The van der Waals surface area contributed by atoms with Crippen molar-refractivity contribution in [3.05, 3.63) is 99.6 Å². The predicted octanol–water partition coefficient (Wildman–Crippen LogP) is 5.51. The van der Waals surface area contributed by atoms with E-state index >= 15 is 0 Å². The first-order chi connectivity index (χ1) is 18.9. The smallest absolute Gasteiger partial charge is 0.335 e. The Labute approximate surface area is 234 Å². The Morgan fingerprint density at radius 2 is 1.62 bits per heavy atom. The van der Waals surface area contributed by atoms with E-state index in [4.69, 9.17) is 4.74 Å². The van der Waals surface area contributed by atoms with E-state index < -0.39 is 23.7 Å². The SMILES string of the molecule is COc1cc(C)c(/C(O)=C2\C(=O)C(=O)N(Cc3ccc(C(=O)O)cc3)C2c2ccc(N(C)C)cc2)cc1C(C)C. The van der Waals surface area contributed by atoms with Gasteiger partial charge in [0, 0.05) is 31.9 Å². The van der Waals surface area contributed by atoms with Gasteiger partial charge in [0.2, 0.25) is 0 Å². The summed E-state index contributed by atoms with van der Waals surface area (Å²) in [4.78, 5) is 41.7. The monoisotopic (exact) mass is 542 g/mol. The lowest BCUT2D eigenvalue weighted by molar-refractivity contribution is -0.140. The molecule has 4 rings (SSSR count). The standard InChI is InChI=1S/C32H34N2O6/c1-18(2)24-16-25(19(3)15-26(24)40-6)29(35)27-28(21-11-13-23(14-12-21)33(4)5)34(31(37)30(27)36)17-20-7-9-22(10-8-20)32(38)39/h7-16,18,28,35H,17H2,1-6H3,(H,38,39)/b29-27+. The summed E-state index contributed by atoms with van der Waals surface area (Å²) in [7, 11) is 5.42. The summed E-state index contributed by atoms with van der Waals surface area (Å²) in [6.45, 7) is 5.90. The maximum Gasteiger partial charge on any atom is 0.335 e. The highest BCUT2D eigenvalue weighted by molar-refractivity contribution is 6.46. The van der Waals surface area contributed by atoms with Gasteiger partial charge in [0.05, 0.1) is 24.3 Å². The molecule has 0 saturated carbocycles. The summed E-state index contributed by atoms with van der Waals surface area (Å²) in [5.74, 6) is -2.03. The molecule has 1 aliphatic rings. The van der Waals surface area contributed by atoms with Crippen LogP contribution in [0.1, 0.15) is 64.0 Å². The van der Waals surface area contributed by atoms with Gasteiger partial charge in [-0.25, -0.2) is 4.79 Å². The van der Waals surface area contributed by atoms with E-state index in [-0.39, 0.29) is 29.4 Å². The van der Waals surface area contributed by atoms with Crippen LogP contribution in [0.2, 0.25) is 0 Å². The number of anilines is 1. The van der Waals surface area contributed by atoms with Crippen molar-refractivity contribution in [2.45, 2.75) is 39.3 Å². The Morgan fingerprint density at radius 3 is 2.15 bits per heavy atom. The van der Waals surface area contributed by atoms with Gasteiger partial charge in [-0.1, -0.05) is 38.1 Å². The van der Waals surface area contributed by atoms with Gasteiger partial charge in [-0.05, 0) is 71.5 Å². The molecule has 8 nitrogen and oxygen atoms in total. The highest BCUT2D eigenvalue weighted by atomic mass is 16.5. The molecule has 1 saturated heterocycles. The number of carboxylic acid groups (broad SMARTS) is 1. The van der Waals surface area contributed by atoms with E-state index in [9.17, 15) is 24.6 Å². The third kappa shape index (κ3) is 5.30. The molecule has 0 aromatic heterocycles. The van der Waals surface area contributed by atoms with Crippen molar-refractivity contribution in [1.82, 2.24) is 4.90 Å². The summed E-state index contributed by atoms with van der Waals surface area (Å²) < 4.78 is 5.55. The topological polar surface area (TPSA) is 107 Å². The quantitative estimate of drug-likeness (QED) is 0.219. The average molecular weight is 543 g/mol. The lowest BCUT2D eigenvalue weighted by Gasteiger charge is -2.26. The third-order valence-electron chi connectivity index (χ3n) is 7.27. The number of aromatic carboxylic acids is 1. The van der Waals surface area contributed by atoms with Crippen LogP contribution in [0.4, 0.5) is 5.69 Å². The van der Waals surface area contributed by atoms with E-state index in [0.29, 0.717) is 28.0 Å². The molecule has 1 aliphatic heterocycles. The Morgan fingerprint density at radius 1 is 1.00 bits per heavy atom. The van der Waals surface area contributed by atoms with Crippen LogP contribution >= 0.6 is 0 Å². The first-order valence-electron chi connectivity index (χ1n) is 13.0. The first kappa shape index (κ1) is 28.4. The number of hydrogen-bond donors (Lipinski definition) is 2. The van der Waals surface area contributed by atoms with Crippen LogP contribution in [0.15, 0.2) is 66.2 Å². The fourth-order valence-corrected chi connectivity index (χ4v) is 5.02. The van der Waals surface area contributed by atoms with Crippen molar-refractivity contribution in [2.75, 3.05) is 26.1 Å². The number of ketones is 1. The number of nitrogens with zero attached hydrogens (tertiary/aromatic N) is 2.